The van der Waals surface area contributed by atoms with Crippen LogP contribution in [0.2, 0.25) is 0 Å². The molecular weight excluding hydrogens is 622 g/mol. The zero-order chi connectivity index (χ0) is 28.8. The van der Waals surface area contributed by atoms with Crippen molar-refractivity contribution >= 4 is 67.3 Å². The number of fused-ring (bicyclic) bond motifs is 1. The molecule has 206 valence electrons. The second-order valence-electron chi connectivity index (χ2n) is 9.78. The number of amides is 1. The molecule has 0 bridgehead atoms. The Labute approximate surface area is 252 Å². The van der Waals surface area contributed by atoms with E-state index < -0.39 is 17.7 Å². The fraction of sp³-hybridized carbons (Fsp3) is 0.167. The molecular formula is C30H24BrN5O3S2. The van der Waals surface area contributed by atoms with Crippen molar-refractivity contribution in [1.29, 1.82) is 0 Å². The minimum absolute atomic E-state index is 0.0404. The Morgan fingerprint density at radius 2 is 1.83 bits per heavy atom. The van der Waals surface area contributed by atoms with E-state index in [1.165, 1.54) is 33.6 Å². The van der Waals surface area contributed by atoms with Crippen molar-refractivity contribution in [2.24, 2.45) is 0 Å². The number of imidazole rings is 1. The van der Waals surface area contributed by atoms with Crippen molar-refractivity contribution < 1.29 is 14.7 Å². The van der Waals surface area contributed by atoms with Gasteiger partial charge in [0.05, 0.1) is 17.3 Å². The van der Waals surface area contributed by atoms with Gasteiger partial charge in [-0.3, -0.25) is 14.5 Å². The largest absolute Gasteiger partial charge is 0.505 e. The van der Waals surface area contributed by atoms with Crippen molar-refractivity contribution in [1.82, 2.24) is 19.6 Å². The van der Waals surface area contributed by atoms with Crippen LogP contribution < -0.4 is 4.90 Å². The molecule has 41 heavy (non-hydrogen) atoms. The molecule has 1 unspecified atom stereocenters. The average Bonchev–Trinajstić information content (AvgIpc) is 3.63. The molecule has 1 fully saturated rings. The first-order chi connectivity index (χ1) is 19.7. The van der Waals surface area contributed by atoms with Crippen molar-refractivity contribution in [3.05, 3.63) is 111 Å². The second-order valence-corrected chi connectivity index (χ2v) is 12.9. The van der Waals surface area contributed by atoms with Crippen LogP contribution in [0.1, 0.15) is 39.7 Å². The first-order valence-electron chi connectivity index (χ1n) is 12.8. The maximum atomic E-state index is 13.6. The highest BCUT2D eigenvalue weighted by atomic mass is 79.9. The number of carbonyl (C=O) groups is 2. The Morgan fingerprint density at radius 3 is 2.56 bits per heavy atom. The summed E-state index contributed by atoms with van der Waals surface area (Å²) in [5, 5.41) is 20.5. The van der Waals surface area contributed by atoms with Crippen LogP contribution in [0.4, 0.5) is 5.13 Å². The first kappa shape index (κ1) is 27.4. The zero-order valence-corrected chi connectivity index (χ0v) is 25.5. The Hall–Kier alpha value is -3.80. The predicted molar refractivity (Wildman–Crippen MR) is 164 cm³/mol. The molecule has 1 N–H and O–H groups in total. The van der Waals surface area contributed by atoms with Gasteiger partial charge in [-0.05, 0) is 55.7 Å². The molecule has 2 aromatic carbocycles. The van der Waals surface area contributed by atoms with Crippen LogP contribution in [-0.2, 0) is 15.3 Å². The number of aliphatic hydroxyl groups is 1. The number of ketones is 1. The third kappa shape index (κ3) is 4.98. The van der Waals surface area contributed by atoms with Crippen LogP contribution in [0.3, 0.4) is 0 Å². The number of benzene rings is 2. The zero-order valence-electron chi connectivity index (χ0n) is 22.3. The SMILES string of the molecule is Cc1ccc(CSc2nnc(N3C(=O)C(=O)/C(=C(/O)c4nc5c(C)cccn5c4C)C3c3cccc(Br)c3)s2)cc1. The topological polar surface area (TPSA) is 101 Å². The number of aliphatic hydroxyl groups excluding tert-OH is 1. The summed E-state index contributed by atoms with van der Waals surface area (Å²) in [6.45, 7) is 5.79. The van der Waals surface area contributed by atoms with Crippen LogP contribution in [0.5, 0.6) is 0 Å². The van der Waals surface area contributed by atoms with Crippen LogP contribution >= 0.6 is 39.0 Å². The summed E-state index contributed by atoms with van der Waals surface area (Å²) < 4.78 is 3.30. The molecule has 0 radical (unpaired) electrons. The van der Waals surface area contributed by atoms with E-state index in [1.807, 2.05) is 67.8 Å². The molecule has 1 aliphatic rings. The molecule has 0 saturated carbocycles. The fourth-order valence-electron chi connectivity index (χ4n) is 4.88. The monoisotopic (exact) mass is 645 g/mol. The standard InChI is InChI=1S/C30H24BrN5O3S2/c1-16-9-11-19(12-10-16)15-40-30-34-33-29(41-30)36-24(20-7-4-8-21(31)14-20)22(26(38)28(36)39)25(37)23-18(3)35-13-5-6-17(2)27(35)32-23/h4-14,24,37H,15H2,1-3H3/b25-22+. The number of aromatic nitrogens is 4. The number of rotatable bonds is 6. The van der Waals surface area contributed by atoms with Crippen LogP contribution in [-0.4, -0.2) is 36.4 Å². The summed E-state index contributed by atoms with van der Waals surface area (Å²) in [5.41, 5.74) is 5.43. The molecule has 1 aliphatic heterocycles. The highest BCUT2D eigenvalue weighted by molar-refractivity contribution is 9.10. The Morgan fingerprint density at radius 1 is 1.05 bits per heavy atom. The van der Waals surface area contributed by atoms with Crippen LogP contribution in [0.15, 0.2) is 81.2 Å². The van der Waals surface area contributed by atoms with E-state index >= 15 is 0 Å². The molecule has 0 aliphatic carbocycles. The van der Waals surface area contributed by atoms with E-state index in [4.69, 9.17) is 0 Å². The smallest absolute Gasteiger partial charge is 0.301 e. The van der Waals surface area contributed by atoms with E-state index in [1.54, 1.807) is 0 Å². The molecule has 1 saturated heterocycles. The van der Waals surface area contributed by atoms with Crippen LogP contribution in [0.25, 0.3) is 11.4 Å². The molecule has 1 atom stereocenters. The van der Waals surface area contributed by atoms with E-state index in [0.29, 0.717) is 27.0 Å². The van der Waals surface area contributed by atoms with Gasteiger partial charge in [0, 0.05) is 16.4 Å². The lowest BCUT2D eigenvalue weighted by Gasteiger charge is -2.22. The average molecular weight is 647 g/mol. The van der Waals surface area contributed by atoms with Crippen molar-refractivity contribution in [3.8, 4) is 0 Å². The minimum Gasteiger partial charge on any atom is -0.505 e. The van der Waals surface area contributed by atoms with E-state index in [9.17, 15) is 14.7 Å². The van der Waals surface area contributed by atoms with Gasteiger partial charge in [0.25, 0.3) is 5.78 Å². The highest BCUT2D eigenvalue weighted by Gasteiger charge is 2.49. The number of anilines is 1. The molecule has 1 amide bonds. The van der Waals surface area contributed by atoms with Gasteiger partial charge in [0.1, 0.15) is 11.3 Å². The van der Waals surface area contributed by atoms with Gasteiger partial charge in [-0.2, -0.15) is 0 Å². The van der Waals surface area contributed by atoms with Gasteiger partial charge in [-0.25, -0.2) is 4.98 Å². The number of Topliss-reactive ketones (excluding diaryl/α,β-unsaturated/α-hetero) is 1. The minimum atomic E-state index is -0.916. The van der Waals surface area contributed by atoms with Gasteiger partial charge < -0.3 is 9.51 Å². The third-order valence-corrected chi connectivity index (χ3v) is 9.62. The highest BCUT2D eigenvalue weighted by Crippen LogP contribution is 2.44. The molecule has 6 rings (SSSR count). The molecule has 4 heterocycles. The number of hydrogen-bond acceptors (Lipinski definition) is 8. The number of pyridine rings is 1. The molecule has 3 aromatic heterocycles. The predicted octanol–water partition coefficient (Wildman–Crippen LogP) is 6.79. The van der Waals surface area contributed by atoms with Crippen molar-refractivity contribution in [2.75, 3.05) is 4.90 Å². The second kappa shape index (κ2) is 10.9. The van der Waals surface area contributed by atoms with E-state index in [0.717, 1.165) is 15.6 Å². The van der Waals surface area contributed by atoms with Gasteiger partial charge in [0.2, 0.25) is 5.13 Å². The van der Waals surface area contributed by atoms with E-state index in [-0.39, 0.29) is 22.2 Å². The third-order valence-electron chi connectivity index (χ3n) is 7.00. The lowest BCUT2D eigenvalue weighted by atomic mass is 9.96. The van der Waals surface area contributed by atoms with Gasteiger partial charge in [-0.15, -0.1) is 10.2 Å². The Kier molecular flexibility index (Phi) is 7.27. The van der Waals surface area contributed by atoms with Gasteiger partial charge >= 0.3 is 5.91 Å². The molecule has 8 nitrogen and oxygen atoms in total. The maximum Gasteiger partial charge on any atom is 0.301 e. The Balaban J connectivity index is 1.43. The lowest BCUT2D eigenvalue weighted by molar-refractivity contribution is -0.132. The summed E-state index contributed by atoms with van der Waals surface area (Å²) >= 11 is 6.25. The maximum absolute atomic E-state index is 13.6. The number of thioether (sulfide) groups is 1. The normalized spacial score (nSPS) is 16.7. The lowest BCUT2D eigenvalue weighted by Crippen LogP contribution is -2.29. The number of carbonyl (C=O) groups excluding carboxylic acids is 2. The van der Waals surface area contributed by atoms with Gasteiger partial charge in [-0.1, -0.05) is 87.1 Å². The summed E-state index contributed by atoms with van der Waals surface area (Å²) in [4.78, 5) is 33.2. The summed E-state index contributed by atoms with van der Waals surface area (Å²) in [5.74, 6) is -1.21. The summed E-state index contributed by atoms with van der Waals surface area (Å²) in [7, 11) is 0. The number of nitrogens with zero attached hydrogens (tertiary/aromatic N) is 5. The number of halogens is 1. The molecule has 11 heteroatoms. The van der Waals surface area contributed by atoms with Crippen LogP contribution in [0, 0.1) is 20.8 Å². The fourth-order valence-corrected chi connectivity index (χ4v) is 7.12. The number of hydrogen-bond donors (Lipinski definition) is 1. The summed E-state index contributed by atoms with van der Waals surface area (Å²) in [6.07, 6.45) is 1.85. The Bertz CT molecular complexity index is 1860. The van der Waals surface area contributed by atoms with E-state index in [2.05, 4.69) is 55.4 Å². The first-order valence-corrected chi connectivity index (χ1v) is 15.4. The quantitative estimate of drug-likeness (QED) is 0.0713. The van der Waals surface area contributed by atoms with Crippen molar-refractivity contribution in [3.63, 3.8) is 0 Å². The van der Waals surface area contributed by atoms with Gasteiger partial charge in [0.15, 0.2) is 10.1 Å². The summed E-state index contributed by atoms with van der Waals surface area (Å²) in [6, 6.07) is 18.5. The molecule has 5 aromatic rings. The molecule has 0 spiro atoms. The van der Waals surface area contributed by atoms with Crippen molar-refractivity contribution in [2.45, 2.75) is 36.9 Å². The number of aryl methyl sites for hydroxylation is 3.